The Labute approximate surface area is 403 Å². The molecule has 1 heterocycles. The van der Waals surface area contributed by atoms with Crippen LogP contribution in [0.4, 0.5) is 17.1 Å². The summed E-state index contributed by atoms with van der Waals surface area (Å²) in [5.74, 6) is 0. The number of hydrogen-bond acceptors (Lipinski definition) is 1. The van der Waals surface area contributed by atoms with E-state index in [9.17, 15) is 0 Å². The topological polar surface area (TPSA) is 8.17 Å². The predicted octanol–water partition coefficient (Wildman–Crippen LogP) is 17.6. The molecule has 1 aromatic heterocycles. The van der Waals surface area contributed by atoms with E-state index in [0.717, 1.165) is 22.7 Å². The van der Waals surface area contributed by atoms with Crippen molar-refractivity contribution in [3.63, 3.8) is 0 Å². The highest BCUT2D eigenvalue weighted by molar-refractivity contribution is 6.10. The van der Waals surface area contributed by atoms with Crippen LogP contribution in [0.5, 0.6) is 0 Å². The maximum Gasteiger partial charge on any atom is 0.0714 e. The van der Waals surface area contributed by atoms with Crippen LogP contribution >= 0.6 is 0 Å². The molecule has 0 unspecified atom stereocenters. The van der Waals surface area contributed by atoms with Crippen LogP contribution in [0.2, 0.25) is 0 Å². The van der Waals surface area contributed by atoms with Crippen LogP contribution in [0.15, 0.2) is 279 Å². The summed E-state index contributed by atoms with van der Waals surface area (Å²) < 4.78 is 2.49. The van der Waals surface area contributed by atoms with Gasteiger partial charge in [-0.2, -0.15) is 0 Å². The van der Waals surface area contributed by atoms with Gasteiger partial charge in [-0.1, -0.05) is 218 Å². The summed E-state index contributed by atoms with van der Waals surface area (Å²) in [6, 6.07) is 102. The van der Waals surface area contributed by atoms with E-state index in [1.54, 1.807) is 0 Å². The fourth-order valence-electron chi connectivity index (χ4n) is 11.2. The zero-order valence-corrected chi connectivity index (χ0v) is 38.0. The summed E-state index contributed by atoms with van der Waals surface area (Å²) in [6.07, 6.45) is 0. The lowest BCUT2D eigenvalue weighted by molar-refractivity contribution is 0.767. The molecular formula is C67H46N2. The van der Waals surface area contributed by atoms with Crippen LogP contribution in [-0.2, 0) is 5.41 Å². The largest absolute Gasteiger partial charge is 0.311 e. The van der Waals surface area contributed by atoms with Crippen molar-refractivity contribution in [2.45, 2.75) is 5.41 Å². The number of benzene rings is 11. The van der Waals surface area contributed by atoms with E-state index in [-0.39, 0.29) is 0 Å². The van der Waals surface area contributed by atoms with E-state index in [2.05, 4.69) is 289 Å². The molecule has 324 valence electrons. The molecule has 2 heteroatoms. The second-order valence-electron chi connectivity index (χ2n) is 18.0. The first-order valence-electron chi connectivity index (χ1n) is 23.8. The summed E-state index contributed by atoms with van der Waals surface area (Å²) in [5, 5.41) is 2.47. The van der Waals surface area contributed by atoms with Crippen LogP contribution in [0.3, 0.4) is 0 Å². The second-order valence-corrected chi connectivity index (χ2v) is 18.0. The molecule has 11 aromatic carbocycles. The zero-order valence-electron chi connectivity index (χ0n) is 38.0. The van der Waals surface area contributed by atoms with E-state index in [1.807, 2.05) is 0 Å². The average molecular weight is 879 g/mol. The lowest BCUT2D eigenvalue weighted by atomic mass is 9.67. The fourth-order valence-corrected chi connectivity index (χ4v) is 11.2. The summed E-state index contributed by atoms with van der Waals surface area (Å²) >= 11 is 0. The molecule has 2 nitrogen and oxygen atoms in total. The van der Waals surface area contributed by atoms with Crippen LogP contribution in [0.1, 0.15) is 22.3 Å². The van der Waals surface area contributed by atoms with E-state index >= 15 is 0 Å². The highest BCUT2D eigenvalue weighted by Crippen LogP contribution is 2.56. The molecule has 0 saturated heterocycles. The van der Waals surface area contributed by atoms with Crippen molar-refractivity contribution >= 4 is 38.9 Å². The SMILES string of the molecule is c1ccc(-c2ccc(N(c3ccccc3)c3ccc(-c4ccccc4-c4ccc5c6ccccc6n(-c6ccc7c(c6)C(c6ccccc6)(c6ccccc6)c6ccccc6-7)c5c4)cc3)cc2)cc1. The van der Waals surface area contributed by atoms with Crippen LogP contribution in [-0.4, -0.2) is 4.57 Å². The van der Waals surface area contributed by atoms with E-state index in [0.29, 0.717) is 0 Å². The minimum atomic E-state index is -0.492. The molecule has 0 amide bonds. The molecule has 69 heavy (non-hydrogen) atoms. The first-order chi connectivity index (χ1) is 34.2. The van der Waals surface area contributed by atoms with Gasteiger partial charge < -0.3 is 9.47 Å². The highest BCUT2D eigenvalue weighted by Gasteiger charge is 2.46. The number of hydrogen-bond donors (Lipinski definition) is 0. The average Bonchev–Trinajstić information content (AvgIpc) is 3.92. The van der Waals surface area contributed by atoms with Gasteiger partial charge in [0.25, 0.3) is 0 Å². The molecule has 1 aliphatic rings. The Balaban J connectivity index is 0.928. The molecule has 0 aliphatic heterocycles. The molecule has 13 rings (SSSR count). The van der Waals surface area contributed by atoms with Crippen molar-refractivity contribution in [1.29, 1.82) is 0 Å². The van der Waals surface area contributed by atoms with Gasteiger partial charge in [0.2, 0.25) is 0 Å². The quantitative estimate of drug-likeness (QED) is 0.140. The first kappa shape index (κ1) is 40.3. The predicted molar refractivity (Wildman–Crippen MR) is 289 cm³/mol. The maximum atomic E-state index is 2.49. The normalized spacial score (nSPS) is 12.5. The molecule has 0 bridgehead atoms. The van der Waals surface area contributed by atoms with Gasteiger partial charge in [0, 0.05) is 33.5 Å². The fraction of sp³-hybridized carbons (Fsp3) is 0.0149. The van der Waals surface area contributed by atoms with E-state index in [1.165, 1.54) is 88.6 Å². The Kier molecular flexibility index (Phi) is 9.77. The standard InChI is InChI=1S/C67H46N2/c1-5-19-47(20-6-1)48-33-38-54(39-34-48)68(53-25-11-4-12-26-53)55-40-35-49(36-41-55)57-27-13-14-28-58(57)50-37-43-62-61-30-16-18-32-65(61)69(66(62)45-50)56-42-44-60-59-29-15-17-31-63(59)67(64(60)46-56,51-21-7-2-8-22-51)52-23-9-3-10-24-52/h1-46H. The third kappa shape index (κ3) is 6.64. The van der Waals surface area contributed by atoms with Gasteiger partial charge in [0.05, 0.1) is 16.4 Å². The van der Waals surface area contributed by atoms with Crippen molar-refractivity contribution in [3.05, 3.63) is 301 Å². The molecule has 0 fully saturated rings. The number of anilines is 3. The van der Waals surface area contributed by atoms with Crippen LogP contribution < -0.4 is 4.90 Å². The lowest BCUT2D eigenvalue weighted by Crippen LogP contribution is -2.28. The molecule has 0 N–H and O–H groups in total. The zero-order chi connectivity index (χ0) is 45.7. The second kappa shape index (κ2) is 16.7. The number of rotatable bonds is 9. The minimum absolute atomic E-state index is 0.492. The first-order valence-corrected chi connectivity index (χ1v) is 23.8. The van der Waals surface area contributed by atoms with Crippen molar-refractivity contribution in [3.8, 4) is 50.2 Å². The lowest BCUT2D eigenvalue weighted by Gasteiger charge is -2.34. The van der Waals surface area contributed by atoms with Gasteiger partial charge in [0.1, 0.15) is 0 Å². The molecule has 12 aromatic rings. The summed E-state index contributed by atoms with van der Waals surface area (Å²) in [7, 11) is 0. The van der Waals surface area contributed by atoms with Gasteiger partial charge in [0.15, 0.2) is 0 Å². The third-order valence-electron chi connectivity index (χ3n) is 14.3. The van der Waals surface area contributed by atoms with Gasteiger partial charge in [-0.25, -0.2) is 0 Å². The Morgan fingerprint density at radius 3 is 1.41 bits per heavy atom. The van der Waals surface area contributed by atoms with Gasteiger partial charge >= 0.3 is 0 Å². The Hall–Kier alpha value is -8.98. The summed E-state index contributed by atoms with van der Waals surface area (Å²) in [5.41, 5.74) is 21.2. The van der Waals surface area contributed by atoms with Crippen molar-refractivity contribution in [1.82, 2.24) is 4.57 Å². The number of aromatic nitrogens is 1. The number of nitrogens with zero attached hydrogens (tertiary/aromatic N) is 2. The van der Waals surface area contributed by atoms with E-state index in [4.69, 9.17) is 0 Å². The van der Waals surface area contributed by atoms with E-state index < -0.39 is 5.41 Å². The van der Waals surface area contributed by atoms with Gasteiger partial charge in [-0.15, -0.1) is 0 Å². The van der Waals surface area contributed by atoms with Crippen molar-refractivity contribution in [2.24, 2.45) is 0 Å². The Morgan fingerprint density at radius 1 is 0.275 bits per heavy atom. The minimum Gasteiger partial charge on any atom is -0.311 e. The molecule has 0 radical (unpaired) electrons. The monoisotopic (exact) mass is 878 g/mol. The number of fused-ring (bicyclic) bond motifs is 6. The van der Waals surface area contributed by atoms with Gasteiger partial charge in [-0.05, 0) is 127 Å². The molecule has 1 aliphatic carbocycles. The smallest absolute Gasteiger partial charge is 0.0714 e. The van der Waals surface area contributed by atoms with Crippen LogP contribution in [0.25, 0.3) is 72.0 Å². The Morgan fingerprint density at radius 2 is 0.739 bits per heavy atom. The molecular weight excluding hydrogens is 833 g/mol. The molecule has 0 spiro atoms. The molecule has 0 atom stereocenters. The van der Waals surface area contributed by atoms with Gasteiger partial charge in [-0.3, -0.25) is 0 Å². The summed E-state index contributed by atoms with van der Waals surface area (Å²) in [4.78, 5) is 2.33. The highest BCUT2D eigenvalue weighted by atomic mass is 15.1. The van der Waals surface area contributed by atoms with Crippen LogP contribution in [0, 0.1) is 0 Å². The molecule has 0 saturated carbocycles. The van der Waals surface area contributed by atoms with Crippen molar-refractivity contribution in [2.75, 3.05) is 4.90 Å². The summed E-state index contributed by atoms with van der Waals surface area (Å²) in [6.45, 7) is 0. The maximum absolute atomic E-state index is 2.49. The number of para-hydroxylation sites is 2. The van der Waals surface area contributed by atoms with Crippen molar-refractivity contribution < 1.29 is 0 Å². The third-order valence-corrected chi connectivity index (χ3v) is 14.3. The Bertz CT molecular complexity index is 3760.